The number of nitrogens with two attached hydrogens (primary N) is 1. The molecule has 1 unspecified atom stereocenters. The predicted octanol–water partition coefficient (Wildman–Crippen LogP) is 2.01. The van der Waals surface area contributed by atoms with E-state index in [2.05, 4.69) is 35.6 Å². The topological polar surface area (TPSA) is 45.4 Å². The summed E-state index contributed by atoms with van der Waals surface area (Å²) in [7, 11) is 0. The maximum absolute atomic E-state index is 5.89. The molecule has 4 nitrogen and oxygen atoms in total. The third-order valence-corrected chi connectivity index (χ3v) is 5.15. The Bertz CT molecular complexity index is 377. The summed E-state index contributed by atoms with van der Waals surface area (Å²) in [5, 5.41) is 1.19. The summed E-state index contributed by atoms with van der Waals surface area (Å²) in [6.45, 7) is 11.6. The van der Waals surface area contributed by atoms with Crippen LogP contribution >= 0.6 is 11.3 Å². The molecule has 1 aliphatic heterocycles. The van der Waals surface area contributed by atoms with Gasteiger partial charge in [0.15, 0.2) is 5.13 Å². The molecule has 1 fully saturated rings. The fourth-order valence-corrected chi connectivity index (χ4v) is 3.61. The van der Waals surface area contributed by atoms with Gasteiger partial charge in [0, 0.05) is 43.6 Å². The standard InChI is InChI=1S/C14H26N4S/c1-4-5-13(10-15)17-6-8-18(9-7-17)14-16-11(2)12(3)19-14/h13H,4-10,15H2,1-3H3. The van der Waals surface area contributed by atoms with E-state index in [0.29, 0.717) is 6.04 Å². The van der Waals surface area contributed by atoms with Gasteiger partial charge in [0.05, 0.1) is 5.69 Å². The highest BCUT2D eigenvalue weighted by atomic mass is 32.1. The maximum atomic E-state index is 5.89. The summed E-state index contributed by atoms with van der Waals surface area (Å²) in [5.41, 5.74) is 7.07. The molecule has 2 heterocycles. The minimum atomic E-state index is 0.562. The molecule has 1 saturated heterocycles. The Morgan fingerprint density at radius 1 is 1.26 bits per heavy atom. The van der Waals surface area contributed by atoms with Gasteiger partial charge in [0.1, 0.15) is 0 Å². The van der Waals surface area contributed by atoms with Crippen molar-refractivity contribution in [3.05, 3.63) is 10.6 Å². The third kappa shape index (κ3) is 3.46. The Morgan fingerprint density at radius 3 is 2.42 bits per heavy atom. The van der Waals surface area contributed by atoms with Gasteiger partial charge in [-0.25, -0.2) is 4.98 Å². The van der Waals surface area contributed by atoms with Crippen LogP contribution in [-0.4, -0.2) is 48.6 Å². The summed E-state index contributed by atoms with van der Waals surface area (Å²) in [6.07, 6.45) is 2.43. The van der Waals surface area contributed by atoms with Crippen LogP contribution in [0.1, 0.15) is 30.3 Å². The van der Waals surface area contributed by atoms with Crippen molar-refractivity contribution in [2.45, 2.75) is 39.7 Å². The lowest BCUT2D eigenvalue weighted by molar-refractivity contribution is 0.179. The smallest absolute Gasteiger partial charge is 0.185 e. The van der Waals surface area contributed by atoms with Crippen molar-refractivity contribution in [3.63, 3.8) is 0 Å². The quantitative estimate of drug-likeness (QED) is 0.897. The van der Waals surface area contributed by atoms with E-state index >= 15 is 0 Å². The van der Waals surface area contributed by atoms with E-state index in [1.807, 2.05) is 11.3 Å². The second kappa shape index (κ2) is 6.68. The van der Waals surface area contributed by atoms with Crippen molar-refractivity contribution >= 4 is 16.5 Å². The number of aromatic nitrogens is 1. The molecule has 5 heteroatoms. The molecule has 0 aliphatic carbocycles. The van der Waals surface area contributed by atoms with Crippen molar-refractivity contribution in [1.82, 2.24) is 9.88 Å². The molecular formula is C14H26N4S. The fraction of sp³-hybridized carbons (Fsp3) is 0.786. The first-order valence-electron chi connectivity index (χ1n) is 7.28. The Balaban J connectivity index is 1.91. The number of rotatable bonds is 5. The van der Waals surface area contributed by atoms with Crippen LogP contribution in [0.15, 0.2) is 0 Å². The average Bonchev–Trinajstić information content (AvgIpc) is 2.76. The number of hydrogen-bond donors (Lipinski definition) is 1. The normalized spacial score (nSPS) is 18.8. The van der Waals surface area contributed by atoms with E-state index in [9.17, 15) is 0 Å². The van der Waals surface area contributed by atoms with Gasteiger partial charge >= 0.3 is 0 Å². The van der Waals surface area contributed by atoms with Crippen molar-refractivity contribution in [2.75, 3.05) is 37.6 Å². The van der Waals surface area contributed by atoms with Gasteiger partial charge < -0.3 is 10.6 Å². The maximum Gasteiger partial charge on any atom is 0.185 e. The van der Waals surface area contributed by atoms with Gasteiger partial charge in [0.2, 0.25) is 0 Å². The Labute approximate surface area is 120 Å². The predicted molar refractivity (Wildman–Crippen MR) is 83.1 cm³/mol. The van der Waals surface area contributed by atoms with Crippen molar-refractivity contribution in [2.24, 2.45) is 5.73 Å². The summed E-state index contributed by atoms with van der Waals surface area (Å²) >= 11 is 1.82. The number of thiazole rings is 1. The zero-order valence-corrected chi connectivity index (χ0v) is 13.2. The minimum absolute atomic E-state index is 0.562. The largest absolute Gasteiger partial charge is 0.346 e. The molecule has 108 valence electrons. The zero-order chi connectivity index (χ0) is 13.8. The van der Waals surface area contributed by atoms with Crippen LogP contribution in [-0.2, 0) is 0 Å². The number of hydrogen-bond acceptors (Lipinski definition) is 5. The van der Waals surface area contributed by atoms with Crippen LogP contribution in [0.25, 0.3) is 0 Å². The first-order valence-corrected chi connectivity index (χ1v) is 8.10. The van der Waals surface area contributed by atoms with Crippen molar-refractivity contribution < 1.29 is 0 Å². The van der Waals surface area contributed by atoms with Gasteiger partial charge in [-0.15, -0.1) is 11.3 Å². The number of piperazine rings is 1. The van der Waals surface area contributed by atoms with Crippen molar-refractivity contribution in [3.8, 4) is 0 Å². The summed E-state index contributed by atoms with van der Waals surface area (Å²) < 4.78 is 0. The van der Waals surface area contributed by atoms with Crippen LogP contribution < -0.4 is 10.6 Å². The highest BCUT2D eigenvalue weighted by molar-refractivity contribution is 7.15. The lowest BCUT2D eigenvalue weighted by atomic mass is 10.1. The second-order valence-corrected chi connectivity index (χ2v) is 6.52. The summed E-state index contributed by atoms with van der Waals surface area (Å²) in [5.74, 6) is 0. The van der Waals surface area contributed by atoms with E-state index in [1.165, 1.54) is 28.5 Å². The Hall–Kier alpha value is -0.650. The monoisotopic (exact) mass is 282 g/mol. The fourth-order valence-electron chi connectivity index (χ4n) is 2.65. The molecule has 0 amide bonds. The Morgan fingerprint density at radius 2 is 1.95 bits per heavy atom. The number of aryl methyl sites for hydroxylation is 2. The average molecular weight is 282 g/mol. The molecule has 1 aromatic rings. The molecule has 2 rings (SSSR count). The third-order valence-electron chi connectivity index (χ3n) is 4.01. The van der Waals surface area contributed by atoms with E-state index < -0.39 is 0 Å². The first kappa shape index (κ1) is 14.8. The summed E-state index contributed by atoms with van der Waals surface area (Å²) in [4.78, 5) is 11.0. The van der Waals surface area contributed by atoms with Gasteiger partial charge in [-0.05, 0) is 20.3 Å². The molecule has 1 aromatic heterocycles. The highest BCUT2D eigenvalue weighted by Gasteiger charge is 2.24. The molecule has 0 aromatic carbocycles. The van der Waals surface area contributed by atoms with E-state index in [1.54, 1.807) is 0 Å². The first-order chi connectivity index (χ1) is 9.15. The van der Waals surface area contributed by atoms with Gasteiger partial charge in [-0.1, -0.05) is 13.3 Å². The second-order valence-electron chi connectivity index (χ2n) is 5.34. The highest BCUT2D eigenvalue weighted by Crippen LogP contribution is 2.26. The molecule has 0 bridgehead atoms. The van der Waals surface area contributed by atoms with E-state index in [0.717, 1.165) is 32.7 Å². The molecule has 1 aliphatic rings. The van der Waals surface area contributed by atoms with Crippen molar-refractivity contribution in [1.29, 1.82) is 0 Å². The van der Waals surface area contributed by atoms with E-state index in [4.69, 9.17) is 5.73 Å². The Kier molecular flexibility index (Phi) is 5.19. The van der Waals surface area contributed by atoms with E-state index in [-0.39, 0.29) is 0 Å². The van der Waals surface area contributed by atoms with Crippen LogP contribution in [0.4, 0.5) is 5.13 Å². The lowest BCUT2D eigenvalue weighted by Gasteiger charge is -2.38. The number of anilines is 1. The molecule has 0 radical (unpaired) electrons. The molecule has 2 N–H and O–H groups in total. The molecule has 1 atom stereocenters. The van der Waals surface area contributed by atoms with Crippen LogP contribution in [0, 0.1) is 13.8 Å². The van der Waals surface area contributed by atoms with Crippen LogP contribution in [0.2, 0.25) is 0 Å². The minimum Gasteiger partial charge on any atom is -0.346 e. The zero-order valence-electron chi connectivity index (χ0n) is 12.4. The lowest BCUT2D eigenvalue weighted by Crippen LogP contribution is -2.52. The van der Waals surface area contributed by atoms with Gasteiger partial charge in [-0.3, -0.25) is 4.90 Å². The summed E-state index contributed by atoms with van der Waals surface area (Å²) in [6, 6.07) is 0.562. The van der Waals surface area contributed by atoms with Crippen LogP contribution in [0.5, 0.6) is 0 Å². The molecule has 0 spiro atoms. The molecule has 19 heavy (non-hydrogen) atoms. The SMILES string of the molecule is CCCC(CN)N1CCN(c2nc(C)c(C)s2)CC1. The van der Waals surface area contributed by atoms with Gasteiger partial charge in [-0.2, -0.15) is 0 Å². The molecule has 0 saturated carbocycles. The number of nitrogens with zero attached hydrogens (tertiary/aromatic N) is 3. The van der Waals surface area contributed by atoms with Crippen LogP contribution in [0.3, 0.4) is 0 Å². The molecular weight excluding hydrogens is 256 g/mol. The van der Waals surface area contributed by atoms with Gasteiger partial charge in [0.25, 0.3) is 0 Å².